The van der Waals surface area contributed by atoms with E-state index in [4.69, 9.17) is 21.4 Å². The lowest BCUT2D eigenvalue weighted by Crippen LogP contribution is -2.56. The summed E-state index contributed by atoms with van der Waals surface area (Å²) in [5.41, 5.74) is -0.613. The molecule has 0 radical (unpaired) electrons. The van der Waals surface area contributed by atoms with Crippen molar-refractivity contribution in [2.75, 3.05) is 19.8 Å². The van der Waals surface area contributed by atoms with Crippen molar-refractivity contribution in [2.45, 2.75) is 38.5 Å². The number of aliphatic hydroxyl groups is 1. The zero-order valence-electron chi connectivity index (χ0n) is 13.3. The lowest BCUT2D eigenvalue weighted by molar-refractivity contribution is -0.138. The number of nitrogens with one attached hydrogen (secondary N) is 2. The monoisotopic (exact) mass is 345 g/mol. The maximum atomic E-state index is 14.4. The van der Waals surface area contributed by atoms with Gasteiger partial charge in [0.2, 0.25) is 0 Å². The maximum Gasteiger partial charge on any atom is 0.251 e. The van der Waals surface area contributed by atoms with Gasteiger partial charge >= 0.3 is 0 Å². The largest absolute Gasteiger partial charge is 0.395 e. The van der Waals surface area contributed by atoms with Gasteiger partial charge in [-0.2, -0.15) is 0 Å². The molecule has 0 aliphatic carbocycles. The first-order valence-electron chi connectivity index (χ1n) is 7.35. The van der Waals surface area contributed by atoms with E-state index >= 15 is 0 Å². The van der Waals surface area contributed by atoms with Crippen molar-refractivity contribution in [1.82, 2.24) is 15.6 Å². The van der Waals surface area contributed by atoms with Crippen molar-refractivity contribution < 1.29 is 19.0 Å². The molecule has 2 heterocycles. The molecule has 0 bridgehead atoms. The van der Waals surface area contributed by atoms with E-state index in [-0.39, 0.29) is 42.4 Å². The second-order valence-electron chi connectivity index (χ2n) is 6.12. The molecule has 0 spiro atoms. The Labute approximate surface area is 139 Å². The summed E-state index contributed by atoms with van der Waals surface area (Å²) in [6.45, 7) is 5.35. The van der Waals surface area contributed by atoms with Gasteiger partial charge in [0, 0.05) is 18.3 Å². The molecular weight excluding hydrogens is 325 g/mol. The number of hydrogen-bond acceptors (Lipinski definition) is 5. The maximum absolute atomic E-state index is 14.4. The van der Waals surface area contributed by atoms with Gasteiger partial charge in [0.05, 0.1) is 29.8 Å². The predicted molar refractivity (Wildman–Crippen MR) is 83.7 cm³/mol. The van der Waals surface area contributed by atoms with Gasteiger partial charge in [0.15, 0.2) is 5.82 Å². The van der Waals surface area contributed by atoms with Gasteiger partial charge in [-0.1, -0.05) is 11.6 Å². The number of carbonyl (C=O) groups excluding carboxylic acids is 1. The minimum atomic E-state index is -1.02. The fourth-order valence-electron chi connectivity index (χ4n) is 2.35. The third-order valence-corrected chi connectivity index (χ3v) is 4.21. The van der Waals surface area contributed by atoms with Crippen molar-refractivity contribution in [3.8, 4) is 0 Å². The molecule has 0 saturated carbocycles. The molecule has 0 aromatic carbocycles. The first-order chi connectivity index (χ1) is 10.8. The molecule has 2 rings (SSSR count). The minimum absolute atomic E-state index is 0.0565. The summed E-state index contributed by atoms with van der Waals surface area (Å²) >= 11 is 5.85. The number of aliphatic hydroxyl groups excluding tert-OH is 1. The molecule has 1 aromatic heterocycles. The molecular formula is C15H21ClFN3O3. The summed E-state index contributed by atoms with van der Waals surface area (Å²) in [5, 5.41) is 15.0. The Morgan fingerprint density at radius 3 is 2.91 bits per heavy atom. The van der Waals surface area contributed by atoms with E-state index in [1.165, 1.54) is 6.20 Å². The van der Waals surface area contributed by atoms with Crippen LogP contribution in [0.3, 0.4) is 0 Å². The quantitative estimate of drug-likeness (QED) is 0.754. The topological polar surface area (TPSA) is 83.5 Å². The second kappa shape index (κ2) is 7.09. The molecule has 23 heavy (non-hydrogen) atoms. The van der Waals surface area contributed by atoms with Crippen molar-refractivity contribution in [3.05, 3.63) is 28.3 Å². The third kappa shape index (κ3) is 3.98. The average Bonchev–Trinajstić information content (AvgIpc) is 2.52. The van der Waals surface area contributed by atoms with Gasteiger partial charge in [0.1, 0.15) is 11.8 Å². The van der Waals surface area contributed by atoms with Gasteiger partial charge in [-0.25, -0.2) is 4.39 Å². The number of nitrogens with zero attached hydrogens (tertiary/aromatic N) is 1. The molecule has 8 heteroatoms. The highest BCUT2D eigenvalue weighted by molar-refractivity contribution is 6.31. The predicted octanol–water partition coefficient (Wildman–Crippen LogP) is 0.883. The molecule has 1 fully saturated rings. The molecule has 128 valence electrons. The molecule has 6 nitrogen and oxygen atoms in total. The van der Waals surface area contributed by atoms with E-state index in [0.717, 1.165) is 0 Å². The number of morpholine rings is 1. The molecule has 3 N–H and O–H groups in total. The van der Waals surface area contributed by atoms with Gasteiger partial charge in [-0.05, 0) is 20.8 Å². The van der Waals surface area contributed by atoms with E-state index in [1.807, 2.05) is 0 Å². The number of pyridine rings is 1. The van der Waals surface area contributed by atoms with Crippen molar-refractivity contribution in [3.63, 3.8) is 0 Å². The Hall–Kier alpha value is -1.28. The molecule has 2 atom stereocenters. The van der Waals surface area contributed by atoms with Crippen LogP contribution < -0.4 is 10.6 Å². The first-order valence-corrected chi connectivity index (χ1v) is 7.73. The van der Waals surface area contributed by atoms with Crippen LogP contribution in [0.25, 0.3) is 0 Å². The first kappa shape index (κ1) is 18.1. The van der Waals surface area contributed by atoms with E-state index in [0.29, 0.717) is 5.56 Å². The Morgan fingerprint density at radius 1 is 1.65 bits per heavy atom. The van der Waals surface area contributed by atoms with Crippen LogP contribution in [0.15, 0.2) is 6.20 Å². The Kier molecular flexibility index (Phi) is 5.57. The zero-order valence-corrected chi connectivity index (χ0v) is 14.1. The molecule has 1 aliphatic rings. The van der Waals surface area contributed by atoms with Crippen molar-refractivity contribution in [1.29, 1.82) is 0 Å². The standard InChI is InChI=1S/C15H21ClFN3O3/c1-8-10(16)4-19-13(12(8)17)15(2,3)20-14(22)11-5-18-9(6-21)7-23-11/h4,9,11,18,21H,5-7H2,1-3H3,(H,20,22)/t9-,11+/m1/s1. The number of hydrogen-bond donors (Lipinski definition) is 3. The number of halogens is 2. The summed E-state index contributed by atoms with van der Waals surface area (Å²) in [5.74, 6) is -0.904. The van der Waals surface area contributed by atoms with Gasteiger partial charge in [-0.15, -0.1) is 0 Å². The van der Waals surface area contributed by atoms with Crippen LogP contribution in [-0.4, -0.2) is 47.9 Å². The van der Waals surface area contributed by atoms with Crippen molar-refractivity contribution >= 4 is 17.5 Å². The van der Waals surface area contributed by atoms with Crippen LogP contribution in [0, 0.1) is 12.7 Å². The molecule has 1 aromatic rings. The van der Waals surface area contributed by atoms with E-state index < -0.39 is 17.5 Å². The highest BCUT2D eigenvalue weighted by Crippen LogP contribution is 2.26. The highest BCUT2D eigenvalue weighted by Gasteiger charge is 2.33. The van der Waals surface area contributed by atoms with Crippen LogP contribution in [0.2, 0.25) is 5.02 Å². The minimum Gasteiger partial charge on any atom is -0.395 e. The lowest BCUT2D eigenvalue weighted by atomic mass is 9.97. The summed E-state index contributed by atoms with van der Waals surface area (Å²) < 4.78 is 19.8. The molecule has 1 amide bonds. The number of rotatable bonds is 4. The van der Waals surface area contributed by atoms with Crippen LogP contribution in [0.1, 0.15) is 25.1 Å². The summed E-state index contributed by atoms with van der Waals surface area (Å²) in [7, 11) is 0. The van der Waals surface area contributed by atoms with E-state index in [9.17, 15) is 9.18 Å². The zero-order chi connectivity index (χ0) is 17.2. The fourth-order valence-corrected chi connectivity index (χ4v) is 2.48. The summed E-state index contributed by atoms with van der Waals surface area (Å²) in [6.07, 6.45) is 0.668. The van der Waals surface area contributed by atoms with Crippen LogP contribution >= 0.6 is 11.6 Å². The number of ether oxygens (including phenoxy) is 1. The summed E-state index contributed by atoms with van der Waals surface area (Å²) in [6, 6.07) is -0.176. The van der Waals surface area contributed by atoms with E-state index in [2.05, 4.69) is 15.6 Å². The fraction of sp³-hybridized carbons (Fsp3) is 0.600. The normalized spacial score (nSPS) is 22.0. The number of amides is 1. The van der Waals surface area contributed by atoms with Crippen LogP contribution in [-0.2, 0) is 15.1 Å². The average molecular weight is 346 g/mol. The Morgan fingerprint density at radius 2 is 2.35 bits per heavy atom. The number of aromatic nitrogens is 1. The van der Waals surface area contributed by atoms with Crippen LogP contribution in [0.4, 0.5) is 4.39 Å². The molecule has 0 unspecified atom stereocenters. The number of carbonyl (C=O) groups is 1. The molecule has 1 saturated heterocycles. The lowest BCUT2D eigenvalue weighted by Gasteiger charge is -2.32. The SMILES string of the molecule is Cc1c(Cl)cnc(C(C)(C)NC(=O)[C@@H]2CN[C@H](CO)CO2)c1F. The Bertz CT molecular complexity index is 590. The Balaban J connectivity index is 2.09. The summed E-state index contributed by atoms with van der Waals surface area (Å²) in [4.78, 5) is 16.4. The third-order valence-electron chi connectivity index (χ3n) is 3.83. The second-order valence-corrected chi connectivity index (χ2v) is 6.52. The van der Waals surface area contributed by atoms with E-state index in [1.54, 1.807) is 20.8 Å². The highest BCUT2D eigenvalue weighted by atomic mass is 35.5. The molecule has 1 aliphatic heterocycles. The van der Waals surface area contributed by atoms with Gasteiger partial charge in [0.25, 0.3) is 5.91 Å². The van der Waals surface area contributed by atoms with Gasteiger partial charge < -0.3 is 20.5 Å². The smallest absolute Gasteiger partial charge is 0.251 e. The van der Waals surface area contributed by atoms with Gasteiger partial charge in [-0.3, -0.25) is 9.78 Å². The van der Waals surface area contributed by atoms with Crippen LogP contribution in [0.5, 0.6) is 0 Å². The van der Waals surface area contributed by atoms with Crippen molar-refractivity contribution in [2.24, 2.45) is 0 Å².